The van der Waals surface area contributed by atoms with Gasteiger partial charge in [-0.25, -0.2) is 13.1 Å². The number of aliphatic hydroxyl groups excluding tert-OH is 1. The first-order chi connectivity index (χ1) is 9.06. The van der Waals surface area contributed by atoms with Crippen LogP contribution in [0.5, 0.6) is 0 Å². The van der Waals surface area contributed by atoms with Gasteiger partial charge in [-0.15, -0.1) is 0 Å². The molecule has 0 heterocycles. The molecule has 1 aliphatic rings. The van der Waals surface area contributed by atoms with Gasteiger partial charge in [0.15, 0.2) is 0 Å². The van der Waals surface area contributed by atoms with E-state index >= 15 is 0 Å². The van der Waals surface area contributed by atoms with E-state index in [2.05, 4.69) is 4.72 Å². The number of aliphatic hydroxyl groups is 1. The standard InChI is InChI=1S/C13H16N2O3S/c14-8-10-4-6-12(7-5-10)19(17,18)15-13-3-1-2-11(13)9-16/h4-7,11,13,15-16H,1-3,9H2/t11-,13-/m1/s1. The number of hydrogen-bond acceptors (Lipinski definition) is 4. The highest BCUT2D eigenvalue weighted by atomic mass is 32.2. The highest BCUT2D eigenvalue weighted by molar-refractivity contribution is 7.89. The van der Waals surface area contributed by atoms with Crippen molar-refractivity contribution < 1.29 is 13.5 Å². The van der Waals surface area contributed by atoms with Crippen LogP contribution in [0.3, 0.4) is 0 Å². The Morgan fingerprint density at radius 3 is 2.58 bits per heavy atom. The van der Waals surface area contributed by atoms with E-state index < -0.39 is 10.0 Å². The third-order valence-electron chi connectivity index (χ3n) is 3.49. The molecule has 2 rings (SSSR count). The molecule has 2 atom stereocenters. The summed E-state index contributed by atoms with van der Waals surface area (Å²) in [5.41, 5.74) is 0.424. The summed E-state index contributed by atoms with van der Waals surface area (Å²) in [6.07, 6.45) is 2.52. The van der Waals surface area contributed by atoms with Crippen molar-refractivity contribution in [2.45, 2.75) is 30.2 Å². The normalized spacial score (nSPS) is 23.2. The maximum atomic E-state index is 12.2. The molecule has 1 aliphatic carbocycles. The second kappa shape index (κ2) is 5.70. The molecule has 0 spiro atoms. The Kier molecular flexibility index (Phi) is 4.20. The van der Waals surface area contributed by atoms with Gasteiger partial charge in [0.25, 0.3) is 0 Å². The summed E-state index contributed by atoms with van der Waals surface area (Å²) in [5, 5.41) is 17.9. The van der Waals surface area contributed by atoms with E-state index in [-0.39, 0.29) is 23.5 Å². The van der Waals surface area contributed by atoms with Crippen molar-refractivity contribution >= 4 is 10.0 Å². The number of sulfonamides is 1. The summed E-state index contributed by atoms with van der Waals surface area (Å²) in [6, 6.07) is 7.54. The van der Waals surface area contributed by atoms with Gasteiger partial charge >= 0.3 is 0 Å². The largest absolute Gasteiger partial charge is 0.396 e. The smallest absolute Gasteiger partial charge is 0.240 e. The van der Waals surface area contributed by atoms with Crippen LogP contribution in [0.2, 0.25) is 0 Å². The average Bonchev–Trinajstić information content (AvgIpc) is 2.85. The van der Waals surface area contributed by atoms with Crippen LogP contribution in [-0.2, 0) is 10.0 Å². The topological polar surface area (TPSA) is 90.2 Å². The van der Waals surface area contributed by atoms with Gasteiger partial charge in [-0.1, -0.05) is 6.42 Å². The fraction of sp³-hybridized carbons (Fsp3) is 0.462. The average molecular weight is 280 g/mol. The Morgan fingerprint density at radius 1 is 1.32 bits per heavy atom. The molecule has 102 valence electrons. The molecule has 0 amide bonds. The lowest BCUT2D eigenvalue weighted by Crippen LogP contribution is -2.38. The highest BCUT2D eigenvalue weighted by Crippen LogP contribution is 2.26. The molecule has 0 saturated heterocycles. The van der Waals surface area contributed by atoms with Crippen molar-refractivity contribution in [3.05, 3.63) is 29.8 Å². The Morgan fingerprint density at radius 2 is 2.00 bits per heavy atom. The molecule has 0 bridgehead atoms. The lowest BCUT2D eigenvalue weighted by molar-refractivity contribution is 0.213. The van der Waals surface area contributed by atoms with Gasteiger partial charge in [0.2, 0.25) is 10.0 Å². The summed E-state index contributed by atoms with van der Waals surface area (Å²) in [7, 11) is -3.58. The molecule has 6 heteroatoms. The van der Waals surface area contributed by atoms with Crippen molar-refractivity contribution in [1.29, 1.82) is 5.26 Å². The van der Waals surface area contributed by atoms with E-state index in [0.717, 1.165) is 19.3 Å². The third kappa shape index (κ3) is 3.13. The first kappa shape index (κ1) is 14.0. The molecule has 0 unspecified atom stereocenters. The maximum absolute atomic E-state index is 12.2. The maximum Gasteiger partial charge on any atom is 0.240 e. The lowest BCUT2D eigenvalue weighted by atomic mass is 10.1. The van der Waals surface area contributed by atoms with E-state index in [1.165, 1.54) is 24.3 Å². The Balaban J connectivity index is 2.15. The number of benzene rings is 1. The minimum absolute atomic E-state index is 0.000552. The second-order valence-electron chi connectivity index (χ2n) is 4.74. The van der Waals surface area contributed by atoms with Crippen molar-refractivity contribution in [3.63, 3.8) is 0 Å². The predicted octanol–water partition coefficient (Wildman–Crippen LogP) is 0.998. The summed E-state index contributed by atoms with van der Waals surface area (Å²) >= 11 is 0. The van der Waals surface area contributed by atoms with Crippen LogP contribution < -0.4 is 4.72 Å². The van der Waals surface area contributed by atoms with E-state index in [1.54, 1.807) is 0 Å². The van der Waals surface area contributed by atoms with E-state index in [4.69, 9.17) is 5.26 Å². The van der Waals surface area contributed by atoms with Crippen molar-refractivity contribution in [3.8, 4) is 6.07 Å². The van der Waals surface area contributed by atoms with Crippen molar-refractivity contribution in [2.75, 3.05) is 6.61 Å². The monoisotopic (exact) mass is 280 g/mol. The fourth-order valence-corrected chi connectivity index (χ4v) is 3.73. The molecular weight excluding hydrogens is 264 g/mol. The molecule has 0 aliphatic heterocycles. The van der Waals surface area contributed by atoms with Gasteiger partial charge in [0.1, 0.15) is 0 Å². The zero-order valence-corrected chi connectivity index (χ0v) is 11.2. The van der Waals surface area contributed by atoms with Crippen LogP contribution in [0.1, 0.15) is 24.8 Å². The Labute approximate surface area is 112 Å². The van der Waals surface area contributed by atoms with Crippen LogP contribution >= 0.6 is 0 Å². The van der Waals surface area contributed by atoms with Crippen LogP contribution in [0.4, 0.5) is 0 Å². The zero-order valence-electron chi connectivity index (χ0n) is 10.4. The van der Waals surface area contributed by atoms with Crippen LogP contribution in [0.25, 0.3) is 0 Å². The Hall–Kier alpha value is -1.42. The third-order valence-corrected chi connectivity index (χ3v) is 5.00. The second-order valence-corrected chi connectivity index (χ2v) is 6.45. The molecule has 5 nitrogen and oxygen atoms in total. The highest BCUT2D eigenvalue weighted by Gasteiger charge is 2.30. The summed E-state index contributed by atoms with van der Waals surface area (Å²) < 4.78 is 27.0. The van der Waals surface area contributed by atoms with Gasteiger partial charge in [0.05, 0.1) is 16.5 Å². The van der Waals surface area contributed by atoms with Crippen LogP contribution in [-0.4, -0.2) is 26.2 Å². The molecule has 0 radical (unpaired) electrons. The zero-order chi connectivity index (χ0) is 13.9. The predicted molar refractivity (Wildman–Crippen MR) is 69.7 cm³/mol. The fourth-order valence-electron chi connectivity index (χ4n) is 2.39. The molecule has 1 aromatic carbocycles. The molecule has 1 aromatic rings. The number of nitrogens with zero attached hydrogens (tertiary/aromatic N) is 1. The van der Waals surface area contributed by atoms with Gasteiger partial charge in [-0.3, -0.25) is 0 Å². The van der Waals surface area contributed by atoms with E-state index in [9.17, 15) is 13.5 Å². The number of nitriles is 1. The molecule has 1 fully saturated rings. The molecule has 19 heavy (non-hydrogen) atoms. The lowest BCUT2D eigenvalue weighted by Gasteiger charge is -2.18. The van der Waals surface area contributed by atoms with Crippen LogP contribution in [0, 0.1) is 17.2 Å². The number of nitrogens with one attached hydrogen (secondary N) is 1. The van der Waals surface area contributed by atoms with Crippen LogP contribution in [0.15, 0.2) is 29.2 Å². The van der Waals surface area contributed by atoms with Crippen molar-refractivity contribution in [2.24, 2.45) is 5.92 Å². The molecule has 1 saturated carbocycles. The minimum Gasteiger partial charge on any atom is -0.396 e. The number of rotatable bonds is 4. The van der Waals surface area contributed by atoms with E-state index in [1.807, 2.05) is 6.07 Å². The van der Waals surface area contributed by atoms with Gasteiger partial charge < -0.3 is 5.11 Å². The quantitative estimate of drug-likeness (QED) is 0.860. The van der Waals surface area contributed by atoms with Gasteiger partial charge in [0, 0.05) is 12.6 Å². The SMILES string of the molecule is N#Cc1ccc(S(=O)(=O)N[C@@H]2CCC[C@@H]2CO)cc1. The first-order valence-electron chi connectivity index (χ1n) is 6.20. The van der Waals surface area contributed by atoms with E-state index in [0.29, 0.717) is 5.56 Å². The minimum atomic E-state index is -3.58. The summed E-state index contributed by atoms with van der Waals surface area (Å²) in [4.78, 5) is 0.148. The van der Waals surface area contributed by atoms with Crippen molar-refractivity contribution in [1.82, 2.24) is 4.72 Å². The first-order valence-corrected chi connectivity index (χ1v) is 7.68. The molecular formula is C13H16N2O3S. The Bertz CT molecular complexity index is 575. The van der Waals surface area contributed by atoms with Gasteiger partial charge in [-0.05, 0) is 43.0 Å². The molecule has 2 N–H and O–H groups in total. The summed E-state index contributed by atoms with van der Waals surface area (Å²) in [5.74, 6) is -0.00634. The van der Waals surface area contributed by atoms with Gasteiger partial charge in [-0.2, -0.15) is 5.26 Å². The number of hydrogen-bond donors (Lipinski definition) is 2. The molecule has 0 aromatic heterocycles. The summed E-state index contributed by atoms with van der Waals surface area (Å²) in [6.45, 7) is 0.000552.